The van der Waals surface area contributed by atoms with Crippen LogP contribution in [0.1, 0.15) is 24.7 Å². The first-order valence-corrected chi connectivity index (χ1v) is 12.7. The number of hydrogen-bond donors (Lipinski definition) is 2. The van der Waals surface area contributed by atoms with Crippen molar-refractivity contribution >= 4 is 39.4 Å². The molecule has 0 aliphatic carbocycles. The molecule has 1 saturated heterocycles. The zero-order valence-electron chi connectivity index (χ0n) is 19.3. The van der Waals surface area contributed by atoms with Crippen LogP contribution in [0.4, 0.5) is 5.69 Å². The second-order valence-electron chi connectivity index (χ2n) is 8.19. The van der Waals surface area contributed by atoms with Crippen molar-refractivity contribution in [3.05, 3.63) is 90.0 Å². The Morgan fingerprint density at radius 3 is 2.47 bits per heavy atom. The number of nitrogens with zero attached hydrogens (tertiary/aromatic N) is 2. The minimum atomic E-state index is -3.83. The van der Waals surface area contributed by atoms with Crippen molar-refractivity contribution in [1.82, 2.24) is 10.7 Å². The Hall–Kier alpha value is -4.44. The zero-order chi connectivity index (χ0) is 25.3. The lowest BCUT2D eigenvalue weighted by atomic mass is 10.1. The molecule has 5 rings (SSSR count). The topological polar surface area (TPSA) is 121 Å². The predicted octanol–water partition coefficient (Wildman–Crippen LogP) is 3.56. The van der Waals surface area contributed by atoms with E-state index < -0.39 is 21.8 Å². The molecule has 1 fully saturated rings. The quantitative estimate of drug-likeness (QED) is 0.393. The Morgan fingerprint density at radius 2 is 1.81 bits per heavy atom. The van der Waals surface area contributed by atoms with E-state index in [1.165, 1.54) is 29.5 Å². The summed E-state index contributed by atoms with van der Waals surface area (Å²) in [5.41, 5.74) is 5.58. The maximum Gasteiger partial charge on any atom is 0.283 e. The summed E-state index contributed by atoms with van der Waals surface area (Å²) in [6, 6.07) is 15.3. The molecular weight excluding hydrogens is 480 g/mol. The number of benzene rings is 2. The first-order chi connectivity index (χ1) is 17.3. The van der Waals surface area contributed by atoms with E-state index in [0.717, 1.165) is 12.0 Å². The summed E-state index contributed by atoms with van der Waals surface area (Å²) in [7, 11) is -3.83. The highest BCUT2D eigenvalue weighted by Gasteiger charge is 2.34. The number of amidine groups is 1. The summed E-state index contributed by atoms with van der Waals surface area (Å²) >= 11 is 0. The number of hydrazine groups is 1. The van der Waals surface area contributed by atoms with Crippen molar-refractivity contribution in [2.45, 2.75) is 24.7 Å². The van der Waals surface area contributed by atoms with Gasteiger partial charge in [0.05, 0.1) is 16.8 Å². The highest BCUT2D eigenvalue weighted by molar-refractivity contribution is 7.90. The number of carbonyl (C=O) groups is 2. The third kappa shape index (κ3) is 4.58. The molecule has 0 atom stereocenters. The van der Waals surface area contributed by atoms with E-state index in [4.69, 9.17) is 4.42 Å². The Bertz CT molecular complexity index is 1520. The van der Waals surface area contributed by atoms with Gasteiger partial charge in [-0.2, -0.15) is 8.42 Å². The Kier molecular flexibility index (Phi) is 6.03. The molecule has 0 saturated carbocycles. The fourth-order valence-electron chi connectivity index (χ4n) is 3.81. The summed E-state index contributed by atoms with van der Waals surface area (Å²) in [5.74, 6) is -0.325. The van der Waals surface area contributed by atoms with E-state index in [1.807, 2.05) is 19.1 Å². The molecule has 0 spiro atoms. The van der Waals surface area contributed by atoms with Crippen LogP contribution in [0.15, 0.2) is 92.4 Å². The lowest BCUT2D eigenvalue weighted by molar-refractivity contribution is -0.117. The molecule has 182 valence electrons. The molecule has 2 amide bonds. The summed E-state index contributed by atoms with van der Waals surface area (Å²) in [5, 5.41) is 4.00. The minimum absolute atomic E-state index is 0.0500. The van der Waals surface area contributed by atoms with E-state index in [9.17, 15) is 18.0 Å². The van der Waals surface area contributed by atoms with Crippen molar-refractivity contribution in [3.63, 3.8) is 0 Å². The van der Waals surface area contributed by atoms with E-state index >= 15 is 0 Å². The molecule has 9 nitrogen and oxygen atoms in total. The van der Waals surface area contributed by atoms with E-state index in [0.29, 0.717) is 34.8 Å². The lowest BCUT2D eigenvalue weighted by Crippen LogP contribution is -2.35. The molecule has 10 heteroatoms. The molecule has 0 bridgehead atoms. The highest BCUT2D eigenvalue weighted by atomic mass is 32.2. The third-order valence-electron chi connectivity index (χ3n) is 5.80. The smallest absolute Gasteiger partial charge is 0.283 e. The number of hydrogen-bond acceptors (Lipinski definition) is 5. The van der Waals surface area contributed by atoms with Crippen LogP contribution >= 0.6 is 0 Å². The molecule has 0 radical (unpaired) electrons. The predicted molar refractivity (Wildman–Crippen MR) is 135 cm³/mol. The van der Waals surface area contributed by atoms with Crippen LogP contribution in [0.5, 0.6) is 0 Å². The third-order valence-corrected chi connectivity index (χ3v) is 7.12. The molecule has 0 unspecified atom stereocenters. The van der Waals surface area contributed by atoms with Gasteiger partial charge in [-0.25, -0.2) is 5.01 Å². The maximum atomic E-state index is 12.9. The second kappa shape index (κ2) is 9.31. The number of anilines is 1. The van der Waals surface area contributed by atoms with Gasteiger partial charge in [0.25, 0.3) is 21.8 Å². The number of furan rings is 1. The van der Waals surface area contributed by atoms with Crippen molar-refractivity contribution in [1.29, 1.82) is 0 Å². The molecule has 3 aromatic rings. The average Bonchev–Trinajstić information content (AvgIpc) is 3.62. The minimum Gasteiger partial charge on any atom is -0.464 e. The van der Waals surface area contributed by atoms with Gasteiger partial charge in [0.1, 0.15) is 17.2 Å². The molecular formula is C26H22N4O5S. The average molecular weight is 503 g/mol. The lowest BCUT2D eigenvalue weighted by Gasteiger charge is -2.14. The van der Waals surface area contributed by atoms with Crippen LogP contribution in [0.2, 0.25) is 0 Å². The van der Waals surface area contributed by atoms with Crippen LogP contribution < -0.4 is 15.8 Å². The van der Waals surface area contributed by atoms with Gasteiger partial charge in [0, 0.05) is 12.0 Å². The Morgan fingerprint density at radius 1 is 1.06 bits per heavy atom. The second-order valence-corrected chi connectivity index (χ2v) is 9.79. The number of nitrogens with one attached hydrogen (secondary N) is 2. The number of sulfonamides is 1. The van der Waals surface area contributed by atoms with Gasteiger partial charge in [0.2, 0.25) is 0 Å². The highest BCUT2D eigenvalue weighted by Crippen LogP contribution is 2.27. The Labute approximate surface area is 207 Å². The first kappa shape index (κ1) is 23.3. The van der Waals surface area contributed by atoms with Crippen LogP contribution in [-0.4, -0.2) is 26.1 Å². The van der Waals surface area contributed by atoms with Gasteiger partial charge < -0.3 is 9.73 Å². The monoisotopic (exact) mass is 502 g/mol. The number of amides is 2. The van der Waals surface area contributed by atoms with Crippen molar-refractivity contribution in [2.24, 2.45) is 4.40 Å². The van der Waals surface area contributed by atoms with Gasteiger partial charge in [-0.1, -0.05) is 37.3 Å². The molecule has 2 aromatic carbocycles. The van der Waals surface area contributed by atoms with Gasteiger partial charge in [-0.05, 0) is 60.2 Å². The fraction of sp³-hybridized carbons (Fsp3) is 0.115. The van der Waals surface area contributed by atoms with Crippen LogP contribution in [0.3, 0.4) is 0 Å². The molecule has 1 aromatic heterocycles. The van der Waals surface area contributed by atoms with E-state index in [-0.39, 0.29) is 10.5 Å². The van der Waals surface area contributed by atoms with Crippen molar-refractivity contribution in [2.75, 3.05) is 5.01 Å². The largest absolute Gasteiger partial charge is 0.464 e. The van der Waals surface area contributed by atoms with Crippen LogP contribution in [-0.2, 0) is 26.0 Å². The molecule has 36 heavy (non-hydrogen) atoms. The van der Waals surface area contributed by atoms with Crippen molar-refractivity contribution in [3.8, 4) is 11.1 Å². The maximum absolute atomic E-state index is 12.9. The van der Waals surface area contributed by atoms with Crippen LogP contribution in [0, 0.1) is 0 Å². The van der Waals surface area contributed by atoms with Crippen LogP contribution in [0.25, 0.3) is 17.2 Å². The summed E-state index contributed by atoms with van der Waals surface area (Å²) in [4.78, 5) is 25.4. The molecule has 2 aliphatic heterocycles. The van der Waals surface area contributed by atoms with Gasteiger partial charge in [-0.3, -0.25) is 15.0 Å². The SMILES string of the molecule is CCc1ccc(N2NC(=O)/C(=C\c3cc(-c4ccc(S(=O)(=O)N=C5CC=CN5)cc4)co3)C2=O)cc1. The number of aryl methyl sites for hydroxylation is 1. The normalized spacial score (nSPS) is 17.8. The zero-order valence-corrected chi connectivity index (χ0v) is 20.1. The standard InChI is InChI=1S/C26H22N4O5S/c1-2-17-5-9-20(10-6-17)30-26(32)23(25(31)28-30)15-21-14-19(16-35-21)18-7-11-22(12-8-18)36(33,34)29-24-4-3-13-27-24/h3,5-16H,2,4H2,1H3,(H,27,29)(H,28,31)/b23-15+. The fourth-order valence-corrected chi connectivity index (χ4v) is 4.81. The summed E-state index contributed by atoms with van der Waals surface area (Å²) in [6.07, 6.45) is 7.60. The number of rotatable bonds is 6. The Balaban J connectivity index is 1.33. The summed E-state index contributed by atoms with van der Waals surface area (Å²) in [6.45, 7) is 2.04. The van der Waals surface area contributed by atoms with Gasteiger partial charge >= 0.3 is 0 Å². The van der Waals surface area contributed by atoms with Gasteiger partial charge in [0.15, 0.2) is 0 Å². The van der Waals surface area contributed by atoms with E-state index in [1.54, 1.807) is 42.6 Å². The van der Waals surface area contributed by atoms with Gasteiger partial charge in [-0.15, -0.1) is 4.40 Å². The molecule has 3 heterocycles. The molecule has 2 aliphatic rings. The van der Waals surface area contributed by atoms with Crippen molar-refractivity contribution < 1.29 is 22.4 Å². The summed E-state index contributed by atoms with van der Waals surface area (Å²) < 4.78 is 34.4. The number of carbonyl (C=O) groups excluding carboxylic acids is 2. The first-order valence-electron chi connectivity index (χ1n) is 11.2. The van der Waals surface area contributed by atoms with E-state index in [2.05, 4.69) is 15.1 Å². The molecule has 2 N–H and O–H groups in total.